The maximum absolute atomic E-state index is 13.7. The van der Waals surface area contributed by atoms with Gasteiger partial charge in [-0.15, -0.1) is 0 Å². The summed E-state index contributed by atoms with van der Waals surface area (Å²) in [7, 11) is -2.75. The largest absolute Gasteiger partial charge is 0.355 e. The molecule has 2 N–H and O–H groups in total. The predicted octanol–water partition coefficient (Wildman–Crippen LogP) is 9.68. The molecule has 0 saturated carbocycles. The van der Waals surface area contributed by atoms with E-state index in [0.29, 0.717) is 39.0 Å². The van der Waals surface area contributed by atoms with Gasteiger partial charge in [-0.3, -0.25) is 19.4 Å². The molecule has 0 aromatic heterocycles. The Morgan fingerprint density at radius 1 is 0.303 bits per heavy atom. The monoisotopic (exact) mass is 1080 g/mol. The first kappa shape index (κ1) is 56.5. The van der Waals surface area contributed by atoms with Crippen molar-refractivity contribution in [1.29, 1.82) is 0 Å². The molecular weight excluding hydrogens is 1010 g/mol. The lowest BCUT2D eigenvalue weighted by Gasteiger charge is -2.32. The molecule has 11 heteroatoms. The summed E-state index contributed by atoms with van der Waals surface area (Å²) in [5.74, 6) is 0.0913. The molecule has 0 unspecified atom stereocenters. The van der Waals surface area contributed by atoms with Gasteiger partial charge in [0.05, 0.1) is 0 Å². The Morgan fingerprint density at radius 3 is 0.711 bits per heavy atom. The molecule has 0 aliphatic heterocycles. The van der Waals surface area contributed by atoms with Crippen LogP contribution in [-0.2, 0) is 9.59 Å². The molecule has 76 heavy (non-hydrogen) atoms. The van der Waals surface area contributed by atoms with Crippen LogP contribution in [0.5, 0.6) is 0 Å². The van der Waals surface area contributed by atoms with Crippen LogP contribution in [0.1, 0.15) is 26.2 Å². The van der Waals surface area contributed by atoms with E-state index < -0.39 is 31.7 Å². The lowest BCUT2D eigenvalue weighted by atomic mass is 10.3. The summed E-state index contributed by atoms with van der Waals surface area (Å²) >= 11 is 0. The van der Waals surface area contributed by atoms with Crippen molar-refractivity contribution >= 4 is 85.9 Å². The molecule has 8 aromatic carbocycles. The first-order valence-corrected chi connectivity index (χ1v) is 32.8. The molecule has 0 radical (unpaired) electrons. The minimum Gasteiger partial charge on any atom is -0.355 e. The van der Waals surface area contributed by atoms with Crippen LogP contribution < -0.4 is 53.1 Å². The maximum Gasteiger partial charge on any atom is 0.221 e. The zero-order valence-electron chi connectivity index (χ0n) is 43.9. The van der Waals surface area contributed by atoms with E-state index in [4.69, 9.17) is 0 Å². The molecule has 0 saturated heterocycles. The highest BCUT2D eigenvalue weighted by molar-refractivity contribution is 7.74. The summed E-state index contributed by atoms with van der Waals surface area (Å²) in [5, 5.41) is 17.4. The fourth-order valence-electron chi connectivity index (χ4n) is 9.34. The Morgan fingerprint density at radius 2 is 0.513 bits per heavy atom. The second-order valence-electron chi connectivity index (χ2n) is 18.8. The number of hydrogen-bond donors (Lipinski definition) is 2. The fraction of sp³-hybridized carbons (Fsp3) is 0.231. The quantitative estimate of drug-likeness (QED) is 0.0440. The molecule has 2 amide bonds. The van der Waals surface area contributed by atoms with Crippen molar-refractivity contribution in [2.45, 2.75) is 26.2 Å². The van der Waals surface area contributed by atoms with Gasteiger partial charge >= 0.3 is 0 Å². The smallest absolute Gasteiger partial charge is 0.221 e. The average Bonchev–Trinajstić information content (AvgIpc) is 3.48. The van der Waals surface area contributed by atoms with Crippen molar-refractivity contribution in [1.82, 2.24) is 25.3 Å². The van der Waals surface area contributed by atoms with Crippen LogP contribution in [0, 0.1) is 0 Å². The molecule has 8 rings (SSSR count). The van der Waals surface area contributed by atoms with Gasteiger partial charge in [0.1, 0.15) is 0 Å². The SMILES string of the molecule is CCCN(CCC(=O)NCCN(CP(c1ccccc1)c1ccccc1)CP(c1ccccc1)c1ccccc1)CCC(=O)NCCN(CP(c1ccccc1)c1ccccc1)CP(c1ccccc1)c1ccccc1. The van der Waals surface area contributed by atoms with Crippen LogP contribution >= 0.6 is 31.7 Å². The van der Waals surface area contributed by atoms with Crippen molar-refractivity contribution in [2.75, 3.05) is 71.0 Å². The molecule has 8 aromatic rings. The Hall–Kier alpha value is -5.70. The number of hydrogen-bond acceptors (Lipinski definition) is 5. The van der Waals surface area contributed by atoms with E-state index in [9.17, 15) is 9.59 Å². The first-order valence-electron chi connectivity index (χ1n) is 26.7. The van der Waals surface area contributed by atoms with Crippen LogP contribution in [-0.4, -0.2) is 97.5 Å². The van der Waals surface area contributed by atoms with E-state index in [1.165, 1.54) is 42.4 Å². The number of amides is 2. The summed E-state index contributed by atoms with van der Waals surface area (Å²) < 4.78 is 0. The van der Waals surface area contributed by atoms with Gasteiger partial charge in [-0.25, -0.2) is 0 Å². The molecule has 0 bridgehead atoms. The second kappa shape index (κ2) is 31.5. The molecular formula is C65H73N5O2P4. The van der Waals surface area contributed by atoms with Crippen LogP contribution in [0.15, 0.2) is 243 Å². The number of benzene rings is 8. The number of carbonyl (C=O) groups is 2. The van der Waals surface area contributed by atoms with E-state index in [0.717, 1.165) is 51.2 Å². The van der Waals surface area contributed by atoms with E-state index in [2.05, 4.69) is 275 Å². The Kier molecular flexibility index (Phi) is 23.4. The van der Waals surface area contributed by atoms with Gasteiger partial charge in [-0.1, -0.05) is 250 Å². The molecule has 0 atom stereocenters. The van der Waals surface area contributed by atoms with Gasteiger partial charge in [0, 0.05) is 77.3 Å². The van der Waals surface area contributed by atoms with Gasteiger partial charge in [-0.05, 0) is 87.1 Å². The Bertz CT molecular complexity index is 2340. The van der Waals surface area contributed by atoms with Crippen LogP contribution in [0.25, 0.3) is 0 Å². The van der Waals surface area contributed by atoms with Crippen molar-refractivity contribution < 1.29 is 9.59 Å². The summed E-state index contributed by atoms with van der Waals surface area (Å²) in [6.07, 6.45) is 5.25. The van der Waals surface area contributed by atoms with E-state index in [1.807, 2.05) is 0 Å². The third-order valence-corrected chi connectivity index (χ3v) is 23.4. The lowest BCUT2D eigenvalue weighted by molar-refractivity contribution is -0.121. The van der Waals surface area contributed by atoms with Crippen molar-refractivity contribution in [3.8, 4) is 0 Å². The predicted molar refractivity (Wildman–Crippen MR) is 331 cm³/mol. The summed E-state index contributed by atoms with van der Waals surface area (Å²) in [6, 6.07) is 87.3. The minimum absolute atomic E-state index is 0.0456. The van der Waals surface area contributed by atoms with Crippen LogP contribution in [0.2, 0.25) is 0 Å². The number of rotatable bonds is 30. The van der Waals surface area contributed by atoms with Crippen LogP contribution in [0.3, 0.4) is 0 Å². The minimum atomic E-state index is -0.688. The average molecular weight is 1080 g/mol. The zero-order chi connectivity index (χ0) is 52.4. The van der Waals surface area contributed by atoms with E-state index >= 15 is 0 Å². The normalized spacial score (nSPS) is 11.6. The summed E-state index contributed by atoms with van der Waals surface area (Å²) in [6.45, 7) is 6.80. The number of nitrogens with one attached hydrogen (secondary N) is 2. The number of nitrogens with zero attached hydrogens (tertiary/aromatic N) is 3. The van der Waals surface area contributed by atoms with E-state index in [-0.39, 0.29) is 11.8 Å². The van der Waals surface area contributed by atoms with Gasteiger partial charge in [-0.2, -0.15) is 0 Å². The van der Waals surface area contributed by atoms with Crippen molar-refractivity contribution in [3.05, 3.63) is 243 Å². The lowest BCUT2D eigenvalue weighted by Crippen LogP contribution is -2.40. The third kappa shape index (κ3) is 17.9. The molecule has 0 spiro atoms. The third-order valence-electron chi connectivity index (χ3n) is 13.3. The summed E-state index contributed by atoms with van der Waals surface area (Å²) in [5.41, 5.74) is 0. The number of carbonyl (C=O) groups excluding carboxylic acids is 2. The van der Waals surface area contributed by atoms with Crippen LogP contribution in [0.4, 0.5) is 0 Å². The molecule has 390 valence electrons. The van der Waals surface area contributed by atoms with E-state index in [1.54, 1.807) is 0 Å². The molecule has 7 nitrogen and oxygen atoms in total. The van der Waals surface area contributed by atoms with Gasteiger partial charge < -0.3 is 15.5 Å². The second-order valence-corrected chi connectivity index (χ2v) is 27.5. The first-order chi connectivity index (χ1) is 37.5. The molecule has 0 fully saturated rings. The Labute approximate surface area is 458 Å². The van der Waals surface area contributed by atoms with Crippen molar-refractivity contribution in [3.63, 3.8) is 0 Å². The highest BCUT2D eigenvalue weighted by Crippen LogP contribution is 2.41. The fourth-order valence-corrected chi connectivity index (χ4v) is 19.0. The Balaban J connectivity index is 0.881. The zero-order valence-corrected chi connectivity index (χ0v) is 47.5. The highest BCUT2D eigenvalue weighted by Gasteiger charge is 2.25. The molecule has 0 aliphatic carbocycles. The topological polar surface area (TPSA) is 67.9 Å². The van der Waals surface area contributed by atoms with Gasteiger partial charge in [0.25, 0.3) is 0 Å². The molecule has 0 aliphatic rings. The summed E-state index contributed by atoms with van der Waals surface area (Å²) in [4.78, 5) is 34.8. The maximum atomic E-state index is 13.7. The standard InChI is InChI=1S/C65H73N5O2P4/c1-2-47-68(48-43-64(71)66-45-50-69(52-73(56-27-11-3-12-28-56)57-29-13-4-14-30-57)53-74(58-31-15-5-16-32-58)59-33-17-6-18-34-59)49-44-65(72)67-46-51-70(54-75(60-35-19-7-20-36-60)61-37-21-8-22-38-61)55-76(62-39-23-9-24-40-62)63-41-25-10-26-42-63/h3-42H,2,43-55H2,1H3,(H,66,71)(H,67,72). The van der Waals surface area contributed by atoms with Gasteiger partial charge in [0.2, 0.25) is 11.8 Å². The van der Waals surface area contributed by atoms with Gasteiger partial charge in [0.15, 0.2) is 0 Å². The molecule has 0 heterocycles. The van der Waals surface area contributed by atoms with Crippen molar-refractivity contribution in [2.24, 2.45) is 0 Å². The highest BCUT2D eigenvalue weighted by atomic mass is 31.1.